The molecule has 0 spiro atoms. The zero-order valence-electron chi connectivity index (χ0n) is 16.3. The number of fused-ring (bicyclic) bond motifs is 2. The lowest BCUT2D eigenvalue weighted by molar-refractivity contribution is -0.117. The Morgan fingerprint density at radius 3 is 2.87 bits per heavy atom. The first kappa shape index (κ1) is 19.2. The third-order valence-corrected chi connectivity index (χ3v) is 6.50. The first-order valence-electron chi connectivity index (χ1n) is 10.2. The minimum absolute atomic E-state index is 0.0175. The van der Waals surface area contributed by atoms with E-state index in [1.807, 2.05) is 6.07 Å². The molecule has 2 heterocycles. The van der Waals surface area contributed by atoms with Crippen molar-refractivity contribution in [3.63, 3.8) is 0 Å². The van der Waals surface area contributed by atoms with Crippen LogP contribution in [0.15, 0.2) is 54.9 Å². The number of allylic oxidation sites excluding steroid dienone is 2. The molecule has 2 aromatic heterocycles. The Morgan fingerprint density at radius 1 is 1.17 bits per heavy atom. The van der Waals surface area contributed by atoms with Gasteiger partial charge in [0.25, 0.3) is 0 Å². The van der Waals surface area contributed by atoms with E-state index in [0.29, 0.717) is 35.0 Å². The van der Waals surface area contributed by atoms with Crippen molar-refractivity contribution < 1.29 is 9.18 Å². The second kappa shape index (κ2) is 7.80. The minimum atomic E-state index is -0.238. The van der Waals surface area contributed by atoms with Crippen LogP contribution in [0.1, 0.15) is 31.2 Å². The molecule has 3 aromatic rings. The zero-order valence-corrected chi connectivity index (χ0v) is 17.1. The molecule has 0 bridgehead atoms. The van der Waals surface area contributed by atoms with Crippen molar-refractivity contribution in [3.8, 4) is 0 Å². The molecule has 2 aliphatic carbocycles. The van der Waals surface area contributed by atoms with Crippen molar-refractivity contribution in [2.24, 2.45) is 17.8 Å². The van der Waals surface area contributed by atoms with E-state index < -0.39 is 0 Å². The third kappa shape index (κ3) is 3.82. The number of carbonyl (C=O) groups excluding carboxylic acids is 1. The molecule has 1 amide bonds. The summed E-state index contributed by atoms with van der Waals surface area (Å²) >= 11 is 5.78. The summed E-state index contributed by atoms with van der Waals surface area (Å²) in [4.78, 5) is 20.8. The highest BCUT2D eigenvalue weighted by Crippen LogP contribution is 2.49. The predicted octanol–water partition coefficient (Wildman–Crippen LogP) is 5.88. The molecule has 30 heavy (non-hydrogen) atoms. The number of pyridine rings is 2. The van der Waals surface area contributed by atoms with Crippen LogP contribution in [0.4, 0.5) is 10.1 Å². The van der Waals surface area contributed by atoms with Crippen LogP contribution >= 0.6 is 11.6 Å². The number of benzene rings is 1. The zero-order chi connectivity index (χ0) is 20.7. The Balaban J connectivity index is 1.26. The van der Waals surface area contributed by atoms with Gasteiger partial charge in [-0.15, -0.1) is 0 Å². The van der Waals surface area contributed by atoms with Crippen LogP contribution in [0.25, 0.3) is 16.5 Å². The molecule has 0 aliphatic heterocycles. The van der Waals surface area contributed by atoms with Gasteiger partial charge in [-0.05, 0) is 84.6 Å². The largest absolute Gasteiger partial charge is 0.325 e. The Morgan fingerprint density at radius 2 is 2.07 bits per heavy atom. The van der Waals surface area contributed by atoms with Crippen LogP contribution in [0.5, 0.6) is 0 Å². The van der Waals surface area contributed by atoms with Gasteiger partial charge in [-0.25, -0.2) is 9.37 Å². The number of nitrogens with zero attached hydrogens (tertiary/aromatic N) is 2. The van der Waals surface area contributed by atoms with Gasteiger partial charge in [0.05, 0.1) is 17.4 Å². The molecule has 3 unspecified atom stereocenters. The lowest BCUT2D eigenvalue weighted by Crippen LogP contribution is -2.15. The molecule has 1 saturated carbocycles. The highest BCUT2D eigenvalue weighted by atomic mass is 35.5. The standard InChI is InChI=1S/C24H21ClFN3O/c25-23-4-2-19(13-28-23)29-24(30)9-14-7-15-10-17(11-16(15)8-14)20-5-6-27-22-3-1-18(26)12-21(20)22/h1-6,10,12-16H,7-9,11H2,(H,29,30). The molecule has 3 atom stereocenters. The van der Waals surface area contributed by atoms with Gasteiger partial charge in [-0.1, -0.05) is 17.7 Å². The number of carbonyl (C=O) groups is 1. The molecule has 1 fully saturated rings. The van der Waals surface area contributed by atoms with Crippen molar-refractivity contribution in [1.29, 1.82) is 0 Å². The molecule has 0 radical (unpaired) electrons. The van der Waals surface area contributed by atoms with Gasteiger partial charge in [0, 0.05) is 18.0 Å². The van der Waals surface area contributed by atoms with Crippen molar-refractivity contribution in [3.05, 3.63) is 71.4 Å². The minimum Gasteiger partial charge on any atom is -0.325 e. The van der Waals surface area contributed by atoms with Crippen molar-refractivity contribution >= 4 is 39.7 Å². The number of amides is 1. The van der Waals surface area contributed by atoms with Crippen LogP contribution in [-0.4, -0.2) is 15.9 Å². The topological polar surface area (TPSA) is 54.9 Å². The maximum absolute atomic E-state index is 13.8. The number of anilines is 1. The van der Waals surface area contributed by atoms with E-state index >= 15 is 0 Å². The maximum atomic E-state index is 13.8. The quantitative estimate of drug-likeness (QED) is 0.535. The number of hydrogen-bond donors (Lipinski definition) is 1. The van der Waals surface area contributed by atoms with Gasteiger partial charge in [0.1, 0.15) is 11.0 Å². The van der Waals surface area contributed by atoms with E-state index in [2.05, 4.69) is 21.4 Å². The Kier molecular flexibility index (Phi) is 4.99. The van der Waals surface area contributed by atoms with Crippen molar-refractivity contribution in [2.75, 3.05) is 5.32 Å². The first-order valence-corrected chi connectivity index (χ1v) is 10.6. The summed E-state index contributed by atoms with van der Waals surface area (Å²) in [5, 5.41) is 4.18. The summed E-state index contributed by atoms with van der Waals surface area (Å²) in [6.07, 6.45) is 9.24. The van der Waals surface area contributed by atoms with E-state index in [1.165, 1.54) is 11.6 Å². The monoisotopic (exact) mass is 421 g/mol. The second-order valence-electron chi connectivity index (χ2n) is 8.30. The van der Waals surface area contributed by atoms with E-state index in [1.54, 1.807) is 36.7 Å². The van der Waals surface area contributed by atoms with Gasteiger partial charge in [-0.3, -0.25) is 9.78 Å². The lowest BCUT2D eigenvalue weighted by atomic mass is 9.94. The van der Waals surface area contributed by atoms with Crippen molar-refractivity contribution in [2.45, 2.75) is 25.7 Å². The Hall–Kier alpha value is -2.79. The van der Waals surface area contributed by atoms with Crippen LogP contribution in [0.2, 0.25) is 5.15 Å². The van der Waals surface area contributed by atoms with E-state index in [0.717, 1.165) is 35.7 Å². The fourth-order valence-corrected chi connectivity index (χ4v) is 5.12. The molecule has 152 valence electrons. The lowest BCUT2D eigenvalue weighted by Gasteiger charge is -2.13. The van der Waals surface area contributed by atoms with Crippen LogP contribution in [-0.2, 0) is 4.79 Å². The fraction of sp³-hybridized carbons (Fsp3) is 0.292. The third-order valence-electron chi connectivity index (χ3n) is 6.28. The molecule has 2 aliphatic rings. The van der Waals surface area contributed by atoms with Gasteiger partial charge in [0.15, 0.2) is 0 Å². The van der Waals surface area contributed by atoms with E-state index in [4.69, 9.17) is 11.6 Å². The van der Waals surface area contributed by atoms with Gasteiger partial charge in [-0.2, -0.15) is 0 Å². The van der Waals surface area contributed by atoms with Gasteiger partial charge in [0.2, 0.25) is 5.91 Å². The van der Waals surface area contributed by atoms with Crippen LogP contribution < -0.4 is 5.32 Å². The Bertz CT molecular complexity index is 1140. The van der Waals surface area contributed by atoms with Crippen LogP contribution in [0.3, 0.4) is 0 Å². The second-order valence-corrected chi connectivity index (χ2v) is 8.69. The average molecular weight is 422 g/mol. The number of rotatable bonds is 4. The summed E-state index contributed by atoms with van der Waals surface area (Å²) in [6, 6.07) is 10.2. The molecule has 1 N–H and O–H groups in total. The number of aromatic nitrogens is 2. The maximum Gasteiger partial charge on any atom is 0.224 e. The van der Waals surface area contributed by atoms with Crippen LogP contribution in [0, 0.1) is 23.6 Å². The highest BCUT2D eigenvalue weighted by Gasteiger charge is 2.38. The van der Waals surface area contributed by atoms with Gasteiger partial charge >= 0.3 is 0 Å². The average Bonchev–Trinajstić information content (AvgIpc) is 3.27. The molecule has 4 nitrogen and oxygen atoms in total. The summed E-state index contributed by atoms with van der Waals surface area (Å²) in [5.74, 6) is 1.18. The highest BCUT2D eigenvalue weighted by molar-refractivity contribution is 6.29. The molecule has 6 heteroatoms. The Labute approximate surface area is 179 Å². The summed E-state index contributed by atoms with van der Waals surface area (Å²) in [6.45, 7) is 0. The normalized spacial score (nSPS) is 22.7. The molecular weight excluding hydrogens is 401 g/mol. The summed E-state index contributed by atoms with van der Waals surface area (Å²) in [5.41, 5.74) is 3.84. The fourth-order valence-electron chi connectivity index (χ4n) is 5.01. The van der Waals surface area contributed by atoms with Gasteiger partial charge < -0.3 is 5.32 Å². The number of halogens is 2. The number of nitrogens with one attached hydrogen (secondary N) is 1. The molecule has 0 saturated heterocycles. The number of hydrogen-bond acceptors (Lipinski definition) is 3. The SMILES string of the molecule is O=C(CC1CC2C=C(c3ccnc4ccc(F)cc34)CC2C1)Nc1ccc(Cl)nc1. The first-order chi connectivity index (χ1) is 14.5. The predicted molar refractivity (Wildman–Crippen MR) is 116 cm³/mol. The molecule has 1 aromatic carbocycles. The molecule has 5 rings (SSSR count). The molecular formula is C24H21ClFN3O. The van der Waals surface area contributed by atoms with E-state index in [9.17, 15) is 9.18 Å². The van der Waals surface area contributed by atoms with E-state index in [-0.39, 0.29) is 11.7 Å². The van der Waals surface area contributed by atoms with Crippen molar-refractivity contribution in [1.82, 2.24) is 9.97 Å². The summed E-state index contributed by atoms with van der Waals surface area (Å²) in [7, 11) is 0. The summed E-state index contributed by atoms with van der Waals surface area (Å²) < 4.78 is 13.8. The smallest absolute Gasteiger partial charge is 0.224 e.